The maximum absolute atomic E-state index is 13.3. The van der Waals surface area contributed by atoms with Gasteiger partial charge in [-0.1, -0.05) is 29.8 Å². The quantitative estimate of drug-likeness (QED) is 0.599. The van der Waals surface area contributed by atoms with Crippen molar-refractivity contribution in [2.24, 2.45) is 0 Å². The van der Waals surface area contributed by atoms with Crippen LogP contribution in [0.5, 0.6) is 0 Å². The van der Waals surface area contributed by atoms with Gasteiger partial charge in [-0.2, -0.15) is 0 Å². The molecule has 7 heteroatoms. The zero-order chi connectivity index (χ0) is 21.9. The van der Waals surface area contributed by atoms with E-state index >= 15 is 0 Å². The second kappa shape index (κ2) is 9.62. The van der Waals surface area contributed by atoms with Gasteiger partial charge in [-0.15, -0.1) is 0 Å². The van der Waals surface area contributed by atoms with Crippen molar-refractivity contribution < 1.29 is 23.8 Å². The van der Waals surface area contributed by atoms with Crippen LogP contribution < -0.4 is 5.32 Å². The molecule has 1 saturated carbocycles. The second-order valence-electron chi connectivity index (χ2n) is 7.89. The summed E-state index contributed by atoms with van der Waals surface area (Å²) in [6.45, 7) is 3.96. The molecule has 164 valence electrons. The van der Waals surface area contributed by atoms with Gasteiger partial charge in [0.1, 0.15) is 12.4 Å². The lowest BCUT2D eigenvalue weighted by atomic mass is 9.78. The van der Waals surface area contributed by atoms with Crippen molar-refractivity contribution in [1.29, 1.82) is 0 Å². The third kappa shape index (κ3) is 4.34. The molecular weight excluding hydrogens is 450 g/mol. The molecule has 1 aromatic rings. The number of amides is 1. The minimum absolute atomic E-state index is 0.151. The maximum atomic E-state index is 13.3. The smallest absolute Gasteiger partial charge is 0.337 e. The van der Waals surface area contributed by atoms with Crippen molar-refractivity contribution in [1.82, 2.24) is 5.32 Å². The van der Waals surface area contributed by atoms with E-state index in [0.717, 1.165) is 46.8 Å². The predicted molar refractivity (Wildman–Crippen MR) is 118 cm³/mol. The van der Waals surface area contributed by atoms with Crippen molar-refractivity contribution in [2.75, 3.05) is 20.8 Å². The van der Waals surface area contributed by atoms with Crippen LogP contribution in [0, 0.1) is 0 Å². The van der Waals surface area contributed by atoms with Crippen LogP contribution in [0.2, 0.25) is 0 Å². The van der Waals surface area contributed by atoms with Gasteiger partial charge in [0.05, 0.1) is 17.2 Å². The highest BCUT2D eigenvalue weighted by Gasteiger charge is 2.50. The third-order valence-corrected chi connectivity index (χ3v) is 6.58. The Balaban J connectivity index is 2.18. The monoisotopic (exact) mass is 479 g/mol. The van der Waals surface area contributed by atoms with Gasteiger partial charge in [-0.25, -0.2) is 4.79 Å². The van der Waals surface area contributed by atoms with Crippen LogP contribution in [-0.2, 0) is 36.6 Å². The molecule has 0 saturated heterocycles. The van der Waals surface area contributed by atoms with E-state index < -0.39 is 11.5 Å². The average molecular weight is 480 g/mol. The fourth-order valence-electron chi connectivity index (χ4n) is 4.59. The molecule has 1 aromatic carbocycles. The summed E-state index contributed by atoms with van der Waals surface area (Å²) in [5.41, 5.74) is 2.78. The van der Waals surface area contributed by atoms with Crippen LogP contribution in [0.25, 0.3) is 5.57 Å². The van der Waals surface area contributed by atoms with Crippen LogP contribution in [0.15, 0.2) is 22.4 Å². The Labute approximate surface area is 186 Å². The number of benzene rings is 1. The Bertz CT molecular complexity index is 830. The van der Waals surface area contributed by atoms with Gasteiger partial charge in [0.25, 0.3) is 5.91 Å². The Morgan fingerprint density at radius 3 is 2.27 bits per heavy atom. The summed E-state index contributed by atoms with van der Waals surface area (Å²) in [5.74, 6) is -0.239. The van der Waals surface area contributed by atoms with Gasteiger partial charge in [-0.3, -0.25) is 4.79 Å². The molecule has 1 heterocycles. The normalized spacial score (nSPS) is 23.8. The first-order valence-corrected chi connectivity index (χ1v) is 11.3. The van der Waals surface area contributed by atoms with E-state index in [2.05, 4.69) is 35.1 Å². The Morgan fingerprint density at radius 2 is 1.77 bits per heavy atom. The lowest BCUT2D eigenvalue weighted by Crippen LogP contribution is -2.49. The molecule has 1 N–H and O–H groups in total. The number of ether oxygens (including phenoxy) is 3. The molecule has 2 aliphatic rings. The summed E-state index contributed by atoms with van der Waals surface area (Å²) in [6.07, 6.45) is 4.57. The molecule has 3 rings (SSSR count). The topological polar surface area (TPSA) is 73.9 Å². The maximum Gasteiger partial charge on any atom is 0.337 e. The van der Waals surface area contributed by atoms with Crippen molar-refractivity contribution >= 4 is 33.4 Å². The Kier molecular flexibility index (Phi) is 7.37. The van der Waals surface area contributed by atoms with Crippen molar-refractivity contribution in [2.45, 2.75) is 64.0 Å². The highest BCUT2D eigenvalue weighted by molar-refractivity contribution is 9.10. The van der Waals surface area contributed by atoms with Gasteiger partial charge in [0.2, 0.25) is 0 Å². The summed E-state index contributed by atoms with van der Waals surface area (Å²) in [7, 11) is 3.16. The number of halogens is 1. The summed E-state index contributed by atoms with van der Waals surface area (Å²) in [4.78, 5) is 25.8. The van der Waals surface area contributed by atoms with E-state index in [4.69, 9.17) is 14.2 Å². The van der Waals surface area contributed by atoms with E-state index in [1.54, 1.807) is 7.11 Å². The molecule has 0 atom stereocenters. The molecule has 1 aliphatic heterocycles. The van der Waals surface area contributed by atoms with Gasteiger partial charge in [0, 0.05) is 18.7 Å². The summed E-state index contributed by atoms with van der Waals surface area (Å²) < 4.78 is 17.3. The van der Waals surface area contributed by atoms with E-state index in [9.17, 15) is 9.59 Å². The molecule has 0 unspecified atom stereocenters. The number of carbonyl (C=O) groups excluding carboxylic acids is 2. The number of hydrogen-bond donors (Lipinski definition) is 1. The largest absolute Gasteiger partial charge is 0.426 e. The Morgan fingerprint density at radius 1 is 1.17 bits per heavy atom. The van der Waals surface area contributed by atoms with E-state index in [-0.39, 0.29) is 18.6 Å². The first kappa shape index (κ1) is 23.0. The molecule has 1 spiro atoms. The number of methoxy groups -OCH3 is 2. The van der Waals surface area contributed by atoms with E-state index in [0.29, 0.717) is 24.2 Å². The summed E-state index contributed by atoms with van der Waals surface area (Å²) in [6, 6.07) is 4.08. The molecule has 30 heavy (non-hydrogen) atoms. The predicted octanol–water partition coefficient (Wildman–Crippen LogP) is 3.93. The van der Waals surface area contributed by atoms with Gasteiger partial charge >= 0.3 is 5.97 Å². The average Bonchev–Trinajstić information content (AvgIpc) is 2.98. The molecule has 0 radical (unpaired) electrons. The molecule has 1 fully saturated rings. The summed E-state index contributed by atoms with van der Waals surface area (Å²) >= 11 is 3.58. The standard InChI is InChI=1S/C23H30BrNO5/c1-5-14-11-16(24)12-15(6-2)19(14)20-21(30-18(26)13-28-3)23(25-22(20)27)9-7-17(29-4)8-10-23/h11-12,17H,5-10,13H2,1-4H3,(H,25,27). The molecule has 1 aliphatic carbocycles. The van der Waals surface area contributed by atoms with Crippen LogP contribution in [0.1, 0.15) is 56.2 Å². The minimum atomic E-state index is -0.687. The highest BCUT2D eigenvalue weighted by atomic mass is 79.9. The SMILES string of the molecule is CCc1cc(Br)cc(CC)c1C1=C(OC(=O)COC)C2(CCC(OC)CC2)NC1=O. The van der Waals surface area contributed by atoms with Crippen molar-refractivity contribution in [3.05, 3.63) is 39.1 Å². The second-order valence-corrected chi connectivity index (χ2v) is 8.80. The van der Waals surface area contributed by atoms with Crippen LogP contribution >= 0.6 is 15.9 Å². The number of aryl methyl sites for hydroxylation is 2. The van der Waals surface area contributed by atoms with Crippen LogP contribution in [0.4, 0.5) is 0 Å². The zero-order valence-corrected chi connectivity index (χ0v) is 19.7. The first-order valence-electron chi connectivity index (χ1n) is 10.5. The summed E-state index contributed by atoms with van der Waals surface area (Å²) in [5, 5.41) is 3.18. The highest BCUT2D eigenvalue weighted by Crippen LogP contribution is 2.45. The van der Waals surface area contributed by atoms with Crippen LogP contribution in [0.3, 0.4) is 0 Å². The minimum Gasteiger partial charge on any atom is -0.426 e. The molecule has 0 bridgehead atoms. The van der Waals surface area contributed by atoms with Gasteiger partial charge in [-0.05, 0) is 67.3 Å². The third-order valence-electron chi connectivity index (χ3n) is 6.12. The first-order chi connectivity index (χ1) is 14.4. The van der Waals surface area contributed by atoms with E-state index in [1.807, 2.05) is 12.1 Å². The molecule has 6 nitrogen and oxygen atoms in total. The number of esters is 1. The number of rotatable bonds is 7. The zero-order valence-electron chi connectivity index (χ0n) is 18.1. The fourth-order valence-corrected chi connectivity index (χ4v) is 5.14. The molecular formula is C23H30BrNO5. The number of nitrogens with one attached hydrogen (secondary N) is 1. The van der Waals surface area contributed by atoms with Crippen LogP contribution in [-0.4, -0.2) is 44.3 Å². The molecule has 1 amide bonds. The number of hydrogen-bond acceptors (Lipinski definition) is 5. The van der Waals surface area contributed by atoms with Crippen molar-refractivity contribution in [3.63, 3.8) is 0 Å². The van der Waals surface area contributed by atoms with Crippen molar-refractivity contribution in [3.8, 4) is 0 Å². The lowest BCUT2D eigenvalue weighted by Gasteiger charge is -2.37. The Hall–Kier alpha value is -1.70. The number of carbonyl (C=O) groups is 2. The van der Waals surface area contributed by atoms with Gasteiger partial charge < -0.3 is 19.5 Å². The molecule has 0 aromatic heterocycles. The van der Waals surface area contributed by atoms with E-state index in [1.165, 1.54) is 7.11 Å². The lowest BCUT2D eigenvalue weighted by molar-refractivity contribution is -0.145. The fraction of sp³-hybridized carbons (Fsp3) is 0.565. The van der Waals surface area contributed by atoms with Gasteiger partial charge in [0.15, 0.2) is 0 Å².